The van der Waals surface area contributed by atoms with Gasteiger partial charge in [-0.05, 0) is 6.92 Å². The molecule has 1 aliphatic carbocycles. The van der Waals surface area contributed by atoms with Gasteiger partial charge in [-0.1, -0.05) is 24.3 Å². The first-order valence-corrected chi connectivity index (χ1v) is 4.02. The van der Waals surface area contributed by atoms with Gasteiger partial charge in [-0.3, -0.25) is 0 Å². The summed E-state index contributed by atoms with van der Waals surface area (Å²) in [5, 5.41) is 0. The van der Waals surface area contributed by atoms with E-state index in [1.165, 1.54) is 0 Å². The van der Waals surface area contributed by atoms with E-state index in [0.717, 1.165) is 23.5 Å². The maximum absolute atomic E-state index is 4.36. The highest BCUT2D eigenvalue weighted by atomic mass is 14.9. The minimum absolute atomic E-state index is 0.845. The smallest absolute Gasteiger partial charge is 0.125 e. The van der Waals surface area contributed by atoms with E-state index in [4.69, 9.17) is 0 Å². The molecule has 0 unspecified atom stereocenters. The lowest BCUT2D eigenvalue weighted by molar-refractivity contribution is 0.975. The van der Waals surface area contributed by atoms with Crippen molar-refractivity contribution in [2.24, 2.45) is 0 Å². The zero-order valence-electron chi connectivity index (χ0n) is 6.99. The molecule has 0 saturated carbocycles. The van der Waals surface area contributed by atoms with Crippen LogP contribution in [0.2, 0.25) is 0 Å². The van der Waals surface area contributed by atoms with E-state index in [1.54, 1.807) is 0 Å². The van der Waals surface area contributed by atoms with Gasteiger partial charge in [0.15, 0.2) is 0 Å². The number of hydrogen-bond donors (Lipinski definition) is 0. The van der Waals surface area contributed by atoms with Gasteiger partial charge in [0.1, 0.15) is 5.82 Å². The first-order chi connectivity index (χ1) is 5.86. The molecule has 1 aromatic rings. The van der Waals surface area contributed by atoms with Gasteiger partial charge in [0, 0.05) is 18.2 Å². The topological polar surface area (TPSA) is 25.8 Å². The van der Waals surface area contributed by atoms with Crippen molar-refractivity contribution in [3.8, 4) is 0 Å². The Morgan fingerprint density at radius 3 is 3.17 bits per heavy atom. The van der Waals surface area contributed by atoms with Crippen molar-refractivity contribution in [1.82, 2.24) is 9.97 Å². The molecule has 0 aromatic carbocycles. The molecule has 12 heavy (non-hydrogen) atoms. The lowest BCUT2D eigenvalue weighted by Gasteiger charge is -2.00. The van der Waals surface area contributed by atoms with Crippen LogP contribution in [-0.4, -0.2) is 9.97 Å². The summed E-state index contributed by atoms with van der Waals surface area (Å²) in [5.74, 6) is 0.845. The van der Waals surface area contributed by atoms with Crippen LogP contribution in [0.3, 0.4) is 0 Å². The predicted octanol–water partition coefficient (Wildman–Crippen LogP) is 1.91. The number of rotatable bonds is 0. The highest BCUT2D eigenvalue weighted by molar-refractivity contribution is 5.54. The third kappa shape index (κ3) is 1.28. The van der Waals surface area contributed by atoms with Gasteiger partial charge in [0.05, 0.1) is 5.69 Å². The van der Waals surface area contributed by atoms with E-state index in [9.17, 15) is 0 Å². The molecule has 2 heteroatoms. The standard InChI is InChI=1S/C10H10N2/c1-8-11-7-9-5-3-2-4-6-10(9)12-8/h2-5,7H,6H2,1H3. The van der Waals surface area contributed by atoms with E-state index in [2.05, 4.69) is 16.0 Å². The second-order valence-electron chi connectivity index (χ2n) is 2.81. The van der Waals surface area contributed by atoms with E-state index in [-0.39, 0.29) is 0 Å². The third-order valence-corrected chi connectivity index (χ3v) is 1.85. The molecule has 0 saturated heterocycles. The number of allylic oxidation sites excluding steroid dienone is 3. The highest BCUT2D eigenvalue weighted by Crippen LogP contribution is 2.11. The van der Waals surface area contributed by atoms with E-state index >= 15 is 0 Å². The van der Waals surface area contributed by atoms with Gasteiger partial charge in [-0.2, -0.15) is 0 Å². The van der Waals surface area contributed by atoms with Crippen LogP contribution in [0.1, 0.15) is 17.1 Å². The van der Waals surface area contributed by atoms with Crippen molar-refractivity contribution >= 4 is 6.08 Å². The molecular weight excluding hydrogens is 148 g/mol. The summed E-state index contributed by atoms with van der Waals surface area (Å²) in [5.41, 5.74) is 2.25. The Hall–Kier alpha value is -1.44. The highest BCUT2D eigenvalue weighted by Gasteiger charge is 2.01. The quantitative estimate of drug-likeness (QED) is 0.576. The number of hydrogen-bond acceptors (Lipinski definition) is 2. The maximum atomic E-state index is 4.36. The Kier molecular flexibility index (Phi) is 1.74. The Morgan fingerprint density at radius 1 is 1.33 bits per heavy atom. The molecule has 1 heterocycles. The minimum atomic E-state index is 0.845. The van der Waals surface area contributed by atoms with Crippen LogP contribution in [0.15, 0.2) is 24.4 Å². The largest absolute Gasteiger partial charge is 0.241 e. The molecule has 60 valence electrons. The van der Waals surface area contributed by atoms with Crippen LogP contribution in [0.5, 0.6) is 0 Å². The summed E-state index contributed by atoms with van der Waals surface area (Å²) in [6, 6.07) is 0. The van der Waals surface area contributed by atoms with Crippen LogP contribution in [0.25, 0.3) is 6.08 Å². The van der Waals surface area contributed by atoms with Crippen molar-refractivity contribution in [3.05, 3.63) is 41.5 Å². The zero-order valence-corrected chi connectivity index (χ0v) is 6.99. The normalized spacial score (nSPS) is 14.1. The molecule has 0 bridgehead atoms. The zero-order chi connectivity index (χ0) is 8.39. The van der Waals surface area contributed by atoms with Gasteiger partial charge in [-0.15, -0.1) is 0 Å². The Bertz CT molecular complexity index is 351. The SMILES string of the molecule is Cc1ncc2c(n1)CC=CC=C2. The molecule has 0 radical (unpaired) electrons. The molecule has 1 aliphatic rings. The summed E-state index contributed by atoms with van der Waals surface area (Å²) in [7, 11) is 0. The molecule has 0 atom stereocenters. The fraction of sp³-hybridized carbons (Fsp3) is 0.200. The van der Waals surface area contributed by atoms with E-state index in [0.29, 0.717) is 0 Å². The minimum Gasteiger partial charge on any atom is -0.241 e. The second kappa shape index (κ2) is 2.89. The molecule has 1 aromatic heterocycles. The number of fused-ring (bicyclic) bond motifs is 1. The molecule has 0 fully saturated rings. The number of nitrogens with zero attached hydrogens (tertiary/aromatic N) is 2. The van der Waals surface area contributed by atoms with Crippen LogP contribution in [0.4, 0.5) is 0 Å². The van der Waals surface area contributed by atoms with Gasteiger partial charge < -0.3 is 0 Å². The summed E-state index contributed by atoms with van der Waals surface area (Å²) < 4.78 is 0. The van der Waals surface area contributed by atoms with E-state index < -0.39 is 0 Å². The van der Waals surface area contributed by atoms with Crippen LogP contribution >= 0.6 is 0 Å². The van der Waals surface area contributed by atoms with E-state index in [1.807, 2.05) is 31.3 Å². The molecule has 2 rings (SSSR count). The first-order valence-electron chi connectivity index (χ1n) is 4.02. The first kappa shape index (κ1) is 7.22. The molecule has 0 amide bonds. The van der Waals surface area contributed by atoms with Crippen molar-refractivity contribution in [3.63, 3.8) is 0 Å². The summed E-state index contributed by atoms with van der Waals surface area (Å²) in [4.78, 5) is 8.50. The third-order valence-electron chi connectivity index (χ3n) is 1.85. The maximum Gasteiger partial charge on any atom is 0.125 e. The number of aryl methyl sites for hydroxylation is 1. The molecule has 0 N–H and O–H groups in total. The molecular formula is C10H10N2. The fourth-order valence-electron chi connectivity index (χ4n) is 1.25. The van der Waals surface area contributed by atoms with Crippen molar-refractivity contribution in [2.45, 2.75) is 13.3 Å². The van der Waals surface area contributed by atoms with Crippen molar-refractivity contribution < 1.29 is 0 Å². The van der Waals surface area contributed by atoms with Crippen molar-refractivity contribution in [1.29, 1.82) is 0 Å². The van der Waals surface area contributed by atoms with Gasteiger partial charge in [0.2, 0.25) is 0 Å². The Morgan fingerprint density at radius 2 is 2.25 bits per heavy atom. The average molecular weight is 158 g/mol. The lowest BCUT2D eigenvalue weighted by atomic mass is 10.2. The second-order valence-corrected chi connectivity index (χ2v) is 2.81. The van der Waals surface area contributed by atoms with Crippen LogP contribution < -0.4 is 0 Å². The fourth-order valence-corrected chi connectivity index (χ4v) is 1.25. The molecule has 2 nitrogen and oxygen atoms in total. The van der Waals surface area contributed by atoms with Crippen LogP contribution in [0, 0.1) is 6.92 Å². The van der Waals surface area contributed by atoms with Gasteiger partial charge in [0.25, 0.3) is 0 Å². The molecule has 0 aliphatic heterocycles. The van der Waals surface area contributed by atoms with Crippen molar-refractivity contribution in [2.75, 3.05) is 0 Å². The summed E-state index contributed by atoms with van der Waals surface area (Å²) >= 11 is 0. The lowest BCUT2D eigenvalue weighted by Crippen LogP contribution is -1.96. The number of aromatic nitrogens is 2. The molecule has 0 spiro atoms. The Labute approximate surface area is 71.7 Å². The summed E-state index contributed by atoms with van der Waals surface area (Å²) in [6.45, 7) is 1.92. The van der Waals surface area contributed by atoms with Gasteiger partial charge in [-0.25, -0.2) is 9.97 Å². The summed E-state index contributed by atoms with van der Waals surface area (Å²) in [6.07, 6.45) is 11.0. The predicted molar refractivity (Wildman–Crippen MR) is 48.6 cm³/mol. The van der Waals surface area contributed by atoms with Crippen LogP contribution in [-0.2, 0) is 6.42 Å². The Balaban J connectivity index is 2.53. The average Bonchev–Trinajstić information content (AvgIpc) is 2.28. The monoisotopic (exact) mass is 158 g/mol. The van der Waals surface area contributed by atoms with Gasteiger partial charge >= 0.3 is 0 Å².